The Morgan fingerprint density at radius 1 is 1.38 bits per heavy atom. The summed E-state index contributed by atoms with van der Waals surface area (Å²) in [7, 11) is 1.41. The molecule has 2 aromatic heterocycles. The van der Waals surface area contributed by atoms with E-state index in [1.54, 1.807) is 18.2 Å². The number of nitrogens with zero attached hydrogens (tertiary/aromatic N) is 4. The number of H-pyrrole nitrogens is 1. The minimum atomic E-state index is -1.47. The Bertz CT molecular complexity index is 1220. The maximum Gasteiger partial charge on any atom is 0.280 e. The van der Waals surface area contributed by atoms with Crippen molar-refractivity contribution in [3.8, 4) is 11.5 Å². The van der Waals surface area contributed by atoms with Crippen molar-refractivity contribution in [1.82, 2.24) is 19.5 Å². The number of aliphatic hydroxyl groups is 3. The van der Waals surface area contributed by atoms with Crippen molar-refractivity contribution in [3.63, 3.8) is 0 Å². The molecule has 0 saturated carbocycles. The van der Waals surface area contributed by atoms with Crippen molar-refractivity contribution < 1.29 is 29.9 Å². The SMILES string of the molecule is COc1cccc(C=NNc2nc3c(=O)[nH]c(N)nc3n2C2OC(CO)C(O)C2O)c1O. The minimum Gasteiger partial charge on any atom is -0.504 e. The van der Waals surface area contributed by atoms with Gasteiger partial charge in [-0.05, 0) is 12.1 Å². The molecular weight excluding hydrogens is 426 g/mol. The molecule has 3 heterocycles. The Labute approximate surface area is 179 Å². The number of rotatable bonds is 6. The number of ether oxygens (including phenoxy) is 2. The first kappa shape index (κ1) is 21.5. The zero-order valence-corrected chi connectivity index (χ0v) is 16.7. The number of phenols is 1. The molecular formula is C18H21N7O7. The number of hydrogen-bond donors (Lipinski definition) is 7. The molecule has 4 atom stereocenters. The molecule has 4 rings (SSSR count). The number of hydrogen-bond acceptors (Lipinski definition) is 12. The molecule has 8 N–H and O–H groups in total. The van der Waals surface area contributed by atoms with E-state index in [1.807, 2.05) is 0 Å². The van der Waals surface area contributed by atoms with Crippen LogP contribution in [0.2, 0.25) is 0 Å². The second-order valence-corrected chi connectivity index (χ2v) is 6.93. The predicted molar refractivity (Wildman–Crippen MR) is 111 cm³/mol. The number of fused-ring (bicyclic) bond motifs is 1. The van der Waals surface area contributed by atoms with Crippen molar-refractivity contribution in [1.29, 1.82) is 0 Å². The molecule has 1 aliphatic heterocycles. The van der Waals surface area contributed by atoms with Gasteiger partial charge in [-0.3, -0.25) is 14.3 Å². The van der Waals surface area contributed by atoms with Crippen LogP contribution in [0.5, 0.6) is 11.5 Å². The molecule has 0 amide bonds. The van der Waals surface area contributed by atoms with Crippen LogP contribution in [0.25, 0.3) is 11.2 Å². The molecule has 0 radical (unpaired) electrons. The molecule has 1 saturated heterocycles. The average molecular weight is 447 g/mol. The molecule has 32 heavy (non-hydrogen) atoms. The second-order valence-electron chi connectivity index (χ2n) is 6.93. The van der Waals surface area contributed by atoms with Crippen LogP contribution in [0.3, 0.4) is 0 Å². The first-order valence-electron chi connectivity index (χ1n) is 9.41. The zero-order chi connectivity index (χ0) is 23.0. The van der Waals surface area contributed by atoms with E-state index < -0.39 is 36.7 Å². The molecule has 0 spiro atoms. The summed E-state index contributed by atoms with van der Waals surface area (Å²) in [6.45, 7) is -0.548. The number of imidazole rings is 1. The minimum absolute atomic E-state index is 0.0389. The highest BCUT2D eigenvalue weighted by Gasteiger charge is 2.45. The molecule has 0 bridgehead atoms. The predicted octanol–water partition coefficient (Wildman–Crippen LogP) is -1.53. The summed E-state index contributed by atoms with van der Waals surface area (Å²) in [5, 5.41) is 44.2. The monoisotopic (exact) mass is 447 g/mol. The van der Waals surface area contributed by atoms with E-state index >= 15 is 0 Å². The van der Waals surface area contributed by atoms with Crippen molar-refractivity contribution >= 4 is 29.3 Å². The van der Waals surface area contributed by atoms with Gasteiger partial charge in [0.25, 0.3) is 5.56 Å². The fourth-order valence-corrected chi connectivity index (χ4v) is 3.38. The summed E-state index contributed by atoms with van der Waals surface area (Å²) in [5.41, 5.74) is 7.77. The smallest absolute Gasteiger partial charge is 0.280 e. The van der Waals surface area contributed by atoms with Gasteiger partial charge in [-0.25, -0.2) is 10.4 Å². The second kappa shape index (κ2) is 8.43. The zero-order valence-electron chi connectivity index (χ0n) is 16.7. The number of aromatic nitrogens is 4. The molecule has 1 aromatic carbocycles. The number of methoxy groups -OCH3 is 1. The fourth-order valence-electron chi connectivity index (χ4n) is 3.38. The first-order valence-corrected chi connectivity index (χ1v) is 9.41. The maximum atomic E-state index is 12.3. The van der Waals surface area contributed by atoms with Crippen molar-refractivity contribution in [2.45, 2.75) is 24.5 Å². The van der Waals surface area contributed by atoms with Gasteiger partial charge in [0, 0.05) is 5.56 Å². The van der Waals surface area contributed by atoms with Crippen LogP contribution in [0.1, 0.15) is 11.8 Å². The van der Waals surface area contributed by atoms with Crippen molar-refractivity contribution in [3.05, 3.63) is 34.1 Å². The number of phenolic OH excluding ortho intramolecular Hbond substituents is 1. The largest absolute Gasteiger partial charge is 0.504 e. The standard InChI is InChI=1S/C18H21N7O7/c1-31-8-4-2-3-7(11(8)27)5-20-24-18-21-10-14(22-17(19)23-15(10)30)25(18)16-13(29)12(28)9(6-26)32-16/h2-5,9,12-13,16,26-29H,6H2,1H3,(H,21,24)(H3,19,22,23,30). The maximum absolute atomic E-state index is 12.3. The first-order chi connectivity index (χ1) is 15.3. The van der Waals surface area contributed by atoms with Gasteiger partial charge in [-0.15, -0.1) is 0 Å². The molecule has 0 aliphatic carbocycles. The van der Waals surface area contributed by atoms with E-state index in [0.717, 1.165) is 0 Å². The van der Waals surface area contributed by atoms with E-state index in [2.05, 4.69) is 25.5 Å². The van der Waals surface area contributed by atoms with E-state index in [0.29, 0.717) is 5.56 Å². The lowest BCUT2D eigenvalue weighted by Gasteiger charge is -2.18. The molecule has 1 fully saturated rings. The van der Waals surface area contributed by atoms with Crippen LogP contribution in [0, 0.1) is 0 Å². The quantitative estimate of drug-likeness (QED) is 0.170. The number of hydrazone groups is 1. The van der Waals surface area contributed by atoms with Gasteiger partial charge in [0.2, 0.25) is 11.9 Å². The van der Waals surface area contributed by atoms with Crippen LogP contribution >= 0.6 is 0 Å². The van der Waals surface area contributed by atoms with Crippen LogP contribution in [0.4, 0.5) is 11.9 Å². The topological polar surface area (TPSA) is 213 Å². The fraction of sp³-hybridized carbons (Fsp3) is 0.333. The highest BCUT2D eigenvalue weighted by atomic mass is 16.6. The number of nitrogens with one attached hydrogen (secondary N) is 2. The van der Waals surface area contributed by atoms with E-state index in [-0.39, 0.29) is 34.6 Å². The van der Waals surface area contributed by atoms with E-state index in [4.69, 9.17) is 15.2 Å². The van der Waals surface area contributed by atoms with Crippen LogP contribution in [-0.4, -0.2) is 78.2 Å². The molecule has 14 heteroatoms. The van der Waals surface area contributed by atoms with Gasteiger partial charge in [0.1, 0.15) is 18.3 Å². The number of aromatic hydroxyl groups is 1. The third kappa shape index (κ3) is 3.60. The Morgan fingerprint density at radius 2 is 2.16 bits per heavy atom. The lowest BCUT2D eigenvalue weighted by Crippen LogP contribution is -2.33. The summed E-state index contributed by atoms with van der Waals surface area (Å²) in [5.74, 6) is -0.161. The molecule has 170 valence electrons. The Kier molecular flexibility index (Phi) is 5.67. The number of para-hydroxylation sites is 1. The lowest BCUT2D eigenvalue weighted by molar-refractivity contribution is -0.0501. The molecule has 14 nitrogen and oxygen atoms in total. The van der Waals surface area contributed by atoms with Crippen molar-refractivity contribution in [2.24, 2.45) is 5.10 Å². The normalized spacial score (nSPS) is 23.2. The van der Waals surface area contributed by atoms with Gasteiger partial charge in [0.05, 0.1) is 19.9 Å². The molecule has 3 aromatic rings. The summed E-state index contributed by atoms with van der Waals surface area (Å²) in [6, 6.07) is 4.81. The number of nitrogens with two attached hydrogens (primary N) is 1. The molecule has 1 aliphatic rings. The summed E-state index contributed by atoms with van der Waals surface area (Å²) in [6.07, 6.45) is -3.92. The third-order valence-corrected chi connectivity index (χ3v) is 4.96. The number of benzene rings is 1. The van der Waals surface area contributed by atoms with Gasteiger partial charge in [-0.1, -0.05) is 6.07 Å². The number of anilines is 2. The highest BCUT2D eigenvalue weighted by molar-refractivity contribution is 5.85. The van der Waals surface area contributed by atoms with Crippen LogP contribution < -0.4 is 21.5 Å². The van der Waals surface area contributed by atoms with Crippen LogP contribution in [0.15, 0.2) is 28.1 Å². The average Bonchev–Trinajstić information content (AvgIpc) is 3.26. The van der Waals surface area contributed by atoms with Gasteiger partial charge in [-0.2, -0.15) is 10.1 Å². The van der Waals surface area contributed by atoms with E-state index in [1.165, 1.54) is 17.9 Å². The summed E-state index contributed by atoms with van der Waals surface area (Å²) in [4.78, 5) is 22.8. The molecule has 4 unspecified atom stereocenters. The van der Waals surface area contributed by atoms with Gasteiger partial charge >= 0.3 is 0 Å². The van der Waals surface area contributed by atoms with Gasteiger partial charge < -0.3 is 35.6 Å². The summed E-state index contributed by atoms with van der Waals surface area (Å²) < 4.78 is 11.8. The Morgan fingerprint density at radius 3 is 2.84 bits per heavy atom. The number of aliphatic hydroxyl groups excluding tert-OH is 3. The van der Waals surface area contributed by atoms with Gasteiger partial charge in [0.15, 0.2) is 28.9 Å². The third-order valence-electron chi connectivity index (χ3n) is 4.96. The van der Waals surface area contributed by atoms with E-state index in [9.17, 15) is 25.2 Å². The summed E-state index contributed by atoms with van der Waals surface area (Å²) >= 11 is 0. The van der Waals surface area contributed by atoms with Crippen LogP contribution in [-0.2, 0) is 4.74 Å². The Balaban J connectivity index is 1.76. The lowest BCUT2D eigenvalue weighted by atomic mass is 10.1. The number of aromatic amines is 1. The Hall–Kier alpha value is -3.72. The number of nitrogen functional groups attached to an aromatic ring is 1. The van der Waals surface area contributed by atoms with Crippen molar-refractivity contribution in [2.75, 3.05) is 24.9 Å². The highest BCUT2D eigenvalue weighted by Crippen LogP contribution is 2.34.